The standard InChI is InChI=1S/C23H27FN6O3/c1-13(2)27-22-26-10-9-16(28-22)18-17(14-5-7-15(24)8-6-14)29-19(30-18)20-32-11-23(3,12-33-20)21(31)25-4/h5-10,13,20H,11-12H2,1-4H3,(H,25,31)(H,29,30)(H,26,27,28). The molecular weight excluding hydrogens is 427 g/mol. The summed E-state index contributed by atoms with van der Waals surface area (Å²) in [5, 5.41) is 5.82. The van der Waals surface area contributed by atoms with Gasteiger partial charge in [-0.1, -0.05) is 0 Å². The van der Waals surface area contributed by atoms with Gasteiger partial charge in [-0.3, -0.25) is 4.79 Å². The fourth-order valence-electron chi connectivity index (χ4n) is 3.53. The molecule has 1 aromatic carbocycles. The van der Waals surface area contributed by atoms with Crippen LogP contribution in [-0.4, -0.2) is 52.1 Å². The van der Waals surface area contributed by atoms with Crippen molar-refractivity contribution in [2.24, 2.45) is 5.41 Å². The molecule has 10 heteroatoms. The van der Waals surface area contributed by atoms with Crippen molar-refractivity contribution in [1.29, 1.82) is 0 Å². The Kier molecular flexibility index (Phi) is 6.39. The third-order valence-electron chi connectivity index (χ3n) is 5.27. The molecule has 0 spiro atoms. The molecule has 0 bridgehead atoms. The molecule has 9 nitrogen and oxygen atoms in total. The van der Waals surface area contributed by atoms with Gasteiger partial charge in [-0.15, -0.1) is 0 Å². The van der Waals surface area contributed by atoms with Gasteiger partial charge in [-0.25, -0.2) is 19.3 Å². The Morgan fingerprint density at radius 2 is 1.88 bits per heavy atom. The van der Waals surface area contributed by atoms with E-state index in [4.69, 9.17) is 14.5 Å². The zero-order valence-electron chi connectivity index (χ0n) is 19.0. The average Bonchev–Trinajstić information content (AvgIpc) is 3.24. The van der Waals surface area contributed by atoms with Gasteiger partial charge in [-0.05, 0) is 51.1 Å². The van der Waals surface area contributed by atoms with E-state index in [9.17, 15) is 9.18 Å². The number of ether oxygens (including phenoxy) is 2. The molecule has 0 aliphatic carbocycles. The van der Waals surface area contributed by atoms with Crippen molar-refractivity contribution in [2.75, 3.05) is 25.6 Å². The van der Waals surface area contributed by atoms with Crippen molar-refractivity contribution in [3.05, 3.63) is 48.2 Å². The Morgan fingerprint density at radius 1 is 1.18 bits per heavy atom. The molecule has 1 aliphatic rings. The second-order valence-electron chi connectivity index (χ2n) is 8.51. The third-order valence-corrected chi connectivity index (χ3v) is 5.27. The zero-order chi connectivity index (χ0) is 23.6. The summed E-state index contributed by atoms with van der Waals surface area (Å²) in [6.45, 7) is 6.13. The first kappa shape index (κ1) is 22.8. The molecule has 0 radical (unpaired) electrons. The van der Waals surface area contributed by atoms with Gasteiger partial charge in [0.25, 0.3) is 0 Å². The lowest BCUT2D eigenvalue weighted by Crippen LogP contribution is -2.47. The smallest absolute Gasteiger partial charge is 0.230 e. The van der Waals surface area contributed by atoms with Crippen LogP contribution in [-0.2, 0) is 14.3 Å². The number of carbonyl (C=O) groups excluding carboxylic acids is 1. The van der Waals surface area contributed by atoms with Crippen LogP contribution in [0.1, 0.15) is 32.9 Å². The Morgan fingerprint density at radius 3 is 2.52 bits per heavy atom. The van der Waals surface area contributed by atoms with Gasteiger partial charge < -0.3 is 25.1 Å². The predicted molar refractivity (Wildman–Crippen MR) is 121 cm³/mol. The van der Waals surface area contributed by atoms with E-state index in [0.29, 0.717) is 34.4 Å². The normalized spacial score (nSPS) is 20.6. The molecule has 1 aliphatic heterocycles. The van der Waals surface area contributed by atoms with Gasteiger partial charge in [0.15, 0.2) is 5.82 Å². The second kappa shape index (κ2) is 9.24. The van der Waals surface area contributed by atoms with E-state index < -0.39 is 11.7 Å². The summed E-state index contributed by atoms with van der Waals surface area (Å²) < 4.78 is 25.2. The van der Waals surface area contributed by atoms with Crippen LogP contribution in [0, 0.1) is 11.2 Å². The Bertz CT molecular complexity index is 1120. The lowest BCUT2D eigenvalue weighted by molar-refractivity contribution is -0.230. The van der Waals surface area contributed by atoms with Crippen LogP contribution >= 0.6 is 0 Å². The number of H-pyrrole nitrogens is 1. The summed E-state index contributed by atoms with van der Waals surface area (Å²) in [6.07, 6.45) is 0.871. The van der Waals surface area contributed by atoms with Crippen molar-refractivity contribution in [2.45, 2.75) is 33.1 Å². The van der Waals surface area contributed by atoms with Gasteiger partial charge in [0.2, 0.25) is 18.1 Å². The molecule has 3 N–H and O–H groups in total. The number of carbonyl (C=O) groups is 1. The summed E-state index contributed by atoms with van der Waals surface area (Å²) in [6, 6.07) is 7.98. The Hall–Kier alpha value is -3.37. The monoisotopic (exact) mass is 454 g/mol. The second-order valence-corrected chi connectivity index (χ2v) is 8.51. The fourth-order valence-corrected chi connectivity index (χ4v) is 3.53. The van der Waals surface area contributed by atoms with Crippen LogP contribution in [0.4, 0.5) is 10.3 Å². The topological polar surface area (TPSA) is 114 Å². The van der Waals surface area contributed by atoms with Crippen molar-refractivity contribution in [3.8, 4) is 22.6 Å². The molecule has 0 atom stereocenters. The minimum absolute atomic E-state index is 0.153. The highest BCUT2D eigenvalue weighted by Gasteiger charge is 2.40. The quantitative estimate of drug-likeness (QED) is 0.524. The van der Waals surface area contributed by atoms with E-state index in [1.54, 1.807) is 38.4 Å². The first-order valence-electron chi connectivity index (χ1n) is 10.7. The number of benzene rings is 1. The highest BCUT2D eigenvalue weighted by molar-refractivity contribution is 5.82. The SMILES string of the molecule is CNC(=O)C1(C)COC(c2nc(-c3ccc(F)cc3)c(-c3ccnc(NC(C)C)n3)[nH]2)OC1. The lowest BCUT2D eigenvalue weighted by Gasteiger charge is -2.34. The highest BCUT2D eigenvalue weighted by atomic mass is 19.1. The molecule has 0 unspecified atom stereocenters. The summed E-state index contributed by atoms with van der Waals surface area (Å²) in [4.78, 5) is 29.0. The van der Waals surface area contributed by atoms with Crippen LogP contribution < -0.4 is 10.6 Å². The first-order chi connectivity index (χ1) is 15.8. The maximum atomic E-state index is 13.5. The molecule has 3 heterocycles. The van der Waals surface area contributed by atoms with Crippen molar-refractivity contribution >= 4 is 11.9 Å². The van der Waals surface area contributed by atoms with Gasteiger partial charge in [0.05, 0.1) is 35.7 Å². The van der Waals surface area contributed by atoms with E-state index in [1.807, 2.05) is 13.8 Å². The molecule has 0 saturated carbocycles. The van der Waals surface area contributed by atoms with E-state index in [1.165, 1.54) is 12.1 Å². The fraction of sp³-hybridized carbons (Fsp3) is 0.391. The molecular formula is C23H27FN6O3. The van der Waals surface area contributed by atoms with Crippen LogP contribution in [0.2, 0.25) is 0 Å². The van der Waals surface area contributed by atoms with E-state index in [2.05, 4.69) is 25.6 Å². The molecule has 174 valence electrons. The number of amides is 1. The Balaban J connectivity index is 1.70. The number of halogens is 1. The van der Waals surface area contributed by atoms with E-state index in [-0.39, 0.29) is 31.0 Å². The number of anilines is 1. The highest BCUT2D eigenvalue weighted by Crippen LogP contribution is 2.35. The number of imidazole rings is 1. The minimum atomic E-state index is -0.787. The van der Waals surface area contributed by atoms with E-state index >= 15 is 0 Å². The van der Waals surface area contributed by atoms with Crippen LogP contribution in [0.25, 0.3) is 22.6 Å². The lowest BCUT2D eigenvalue weighted by atomic mass is 9.91. The van der Waals surface area contributed by atoms with Gasteiger partial charge >= 0.3 is 0 Å². The van der Waals surface area contributed by atoms with Crippen molar-refractivity contribution in [1.82, 2.24) is 25.3 Å². The zero-order valence-corrected chi connectivity index (χ0v) is 19.0. The van der Waals surface area contributed by atoms with Gasteiger partial charge in [0.1, 0.15) is 5.82 Å². The number of nitrogens with zero attached hydrogens (tertiary/aromatic N) is 3. The number of hydrogen-bond donors (Lipinski definition) is 3. The minimum Gasteiger partial charge on any atom is -0.359 e. The Labute approximate surface area is 191 Å². The van der Waals surface area contributed by atoms with Crippen LogP contribution in [0.15, 0.2) is 36.5 Å². The number of aromatic amines is 1. The maximum Gasteiger partial charge on any atom is 0.230 e. The average molecular weight is 455 g/mol. The first-order valence-corrected chi connectivity index (χ1v) is 10.7. The van der Waals surface area contributed by atoms with Crippen molar-refractivity contribution < 1.29 is 18.7 Å². The van der Waals surface area contributed by atoms with E-state index in [0.717, 1.165) is 0 Å². The van der Waals surface area contributed by atoms with Crippen LogP contribution in [0.5, 0.6) is 0 Å². The summed E-state index contributed by atoms with van der Waals surface area (Å²) in [5.74, 6) is 0.420. The van der Waals surface area contributed by atoms with Gasteiger partial charge in [-0.2, -0.15) is 0 Å². The largest absolute Gasteiger partial charge is 0.359 e. The van der Waals surface area contributed by atoms with Gasteiger partial charge in [0, 0.05) is 24.8 Å². The maximum absolute atomic E-state index is 13.5. The molecule has 1 fully saturated rings. The number of rotatable bonds is 6. The molecule has 1 saturated heterocycles. The molecule has 2 aromatic heterocycles. The predicted octanol–water partition coefficient (Wildman–Crippen LogP) is 3.29. The number of aromatic nitrogens is 4. The molecule has 4 rings (SSSR count). The summed E-state index contributed by atoms with van der Waals surface area (Å²) in [7, 11) is 1.58. The van der Waals surface area contributed by atoms with Crippen molar-refractivity contribution in [3.63, 3.8) is 0 Å². The third kappa shape index (κ3) is 4.86. The van der Waals surface area contributed by atoms with Crippen LogP contribution in [0.3, 0.4) is 0 Å². The molecule has 1 amide bonds. The number of hydrogen-bond acceptors (Lipinski definition) is 7. The number of nitrogens with one attached hydrogen (secondary N) is 3. The molecule has 3 aromatic rings. The summed E-state index contributed by atoms with van der Waals surface area (Å²) in [5.41, 5.74) is 1.72. The summed E-state index contributed by atoms with van der Waals surface area (Å²) >= 11 is 0. The molecule has 33 heavy (non-hydrogen) atoms.